The lowest BCUT2D eigenvalue weighted by Gasteiger charge is -2.38. The number of likely N-dealkylation sites (tertiary alicyclic amines) is 1. The lowest BCUT2D eigenvalue weighted by molar-refractivity contribution is -0.133. The van der Waals surface area contributed by atoms with Crippen LogP contribution in [0.15, 0.2) is 52.0 Å². The molecule has 146 valence electrons. The maximum absolute atomic E-state index is 12.1. The fraction of sp³-hybridized carbons (Fsp3) is 0.450. The van der Waals surface area contributed by atoms with Gasteiger partial charge in [0.1, 0.15) is 5.76 Å². The number of carbonyl (C=O) groups is 1. The highest BCUT2D eigenvalue weighted by molar-refractivity contribution is 7.90. The molecule has 0 bridgehead atoms. The number of furan rings is 1. The minimum absolute atomic E-state index is 0.0484. The fourth-order valence-electron chi connectivity index (χ4n) is 3.69. The van der Waals surface area contributed by atoms with Gasteiger partial charge in [0.15, 0.2) is 9.84 Å². The first-order valence-electron chi connectivity index (χ1n) is 9.14. The molecule has 1 fully saturated rings. The second kappa shape index (κ2) is 8.27. The van der Waals surface area contributed by atoms with Gasteiger partial charge in [-0.15, -0.1) is 0 Å². The van der Waals surface area contributed by atoms with Gasteiger partial charge in [-0.05, 0) is 36.6 Å². The van der Waals surface area contributed by atoms with Crippen LogP contribution in [0.5, 0.6) is 0 Å². The Balaban J connectivity index is 1.63. The second-order valence-electron chi connectivity index (χ2n) is 7.11. The molecule has 1 amide bonds. The van der Waals surface area contributed by atoms with E-state index in [0.717, 1.165) is 37.3 Å². The minimum atomic E-state index is -3.24. The van der Waals surface area contributed by atoms with Crippen molar-refractivity contribution >= 4 is 15.7 Å². The topological polar surface area (TPSA) is 70.8 Å². The summed E-state index contributed by atoms with van der Waals surface area (Å²) in [6.45, 7) is 4.34. The summed E-state index contributed by atoms with van der Waals surface area (Å²) in [6.07, 6.45) is 4.59. The molecule has 1 aromatic carbocycles. The van der Waals surface area contributed by atoms with E-state index in [-0.39, 0.29) is 11.9 Å². The van der Waals surface area contributed by atoms with Crippen LogP contribution in [0.25, 0.3) is 0 Å². The van der Waals surface area contributed by atoms with Crippen LogP contribution in [0.1, 0.15) is 31.1 Å². The lowest BCUT2D eigenvalue weighted by Crippen LogP contribution is -2.46. The molecule has 3 rings (SSSR count). The average molecular weight is 391 g/mol. The van der Waals surface area contributed by atoms with E-state index in [1.165, 1.54) is 6.26 Å². The van der Waals surface area contributed by atoms with Gasteiger partial charge in [-0.1, -0.05) is 18.2 Å². The molecule has 1 saturated heterocycles. The number of sulfone groups is 1. The van der Waals surface area contributed by atoms with Gasteiger partial charge in [0.2, 0.25) is 5.91 Å². The largest absolute Gasteiger partial charge is 0.467 e. The Labute approximate surface area is 160 Å². The second-order valence-corrected chi connectivity index (χ2v) is 9.10. The molecule has 6 nitrogen and oxygen atoms in total. The maximum atomic E-state index is 12.1. The van der Waals surface area contributed by atoms with Crippen LogP contribution in [-0.4, -0.2) is 49.5 Å². The van der Waals surface area contributed by atoms with Crippen molar-refractivity contribution in [3.8, 4) is 0 Å². The Morgan fingerprint density at radius 2 is 1.89 bits per heavy atom. The monoisotopic (exact) mass is 390 g/mol. The summed E-state index contributed by atoms with van der Waals surface area (Å²) in [7, 11) is -3.24. The molecule has 2 aromatic rings. The van der Waals surface area contributed by atoms with Gasteiger partial charge in [-0.3, -0.25) is 9.69 Å². The molecule has 2 heterocycles. The number of nitrogens with zero attached hydrogens (tertiary/aromatic N) is 2. The summed E-state index contributed by atoms with van der Waals surface area (Å²) in [4.78, 5) is 16.6. The zero-order chi connectivity index (χ0) is 19.4. The molecule has 0 spiro atoms. The molecular weight excluding hydrogens is 364 g/mol. The SMILES string of the molecule is CC(=O)N(Cc1ccco1)C1CCN(Cc2ccccc2S(C)(=O)=O)CC1. The van der Waals surface area contributed by atoms with Gasteiger partial charge in [0, 0.05) is 38.9 Å². The zero-order valence-corrected chi connectivity index (χ0v) is 16.6. The van der Waals surface area contributed by atoms with Crippen molar-refractivity contribution in [1.29, 1.82) is 0 Å². The molecule has 7 heteroatoms. The lowest BCUT2D eigenvalue weighted by atomic mass is 10.0. The van der Waals surface area contributed by atoms with E-state index in [1.54, 1.807) is 25.3 Å². The van der Waals surface area contributed by atoms with Crippen LogP contribution in [0, 0.1) is 0 Å². The van der Waals surface area contributed by atoms with Crippen molar-refractivity contribution in [3.63, 3.8) is 0 Å². The highest BCUT2D eigenvalue weighted by Gasteiger charge is 2.27. The van der Waals surface area contributed by atoms with Crippen LogP contribution in [-0.2, 0) is 27.7 Å². The number of carbonyl (C=O) groups excluding carboxylic acids is 1. The smallest absolute Gasteiger partial charge is 0.220 e. The minimum Gasteiger partial charge on any atom is -0.467 e. The molecule has 0 atom stereocenters. The van der Waals surface area contributed by atoms with Gasteiger partial charge in [-0.25, -0.2) is 8.42 Å². The molecule has 27 heavy (non-hydrogen) atoms. The number of piperidine rings is 1. The van der Waals surface area contributed by atoms with Crippen molar-refractivity contribution in [1.82, 2.24) is 9.80 Å². The molecule has 0 N–H and O–H groups in total. The van der Waals surface area contributed by atoms with Crippen LogP contribution < -0.4 is 0 Å². The normalized spacial score (nSPS) is 16.4. The Bertz CT molecular complexity index is 869. The molecule has 1 aliphatic rings. The Hall–Kier alpha value is -2.12. The number of hydrogen-bond donors (Lipinski definition) is 0. The third-order valence-corrected chi connectivity index (χ3v) is 6.27. The van der Waals surface area contributed by atoms with E-state index >= 15 is 0 Å². The Kier molecular flexibility index (Phi) is 6.01. The van der Waals surface area contributed by atoms with Gasteiger partial charge < -0.3 is 9.32 Å². The molecular formula is C20H26N2O4S. The summed E-state index contributed by atoms with van der Waals surface area (Å²) >= 11 is 0. The Morgan fingerprint density at radius 3 is 2.48 bits per heavy atom. The highest BCUT2D eigenvalue weighted by Crippen LogP contribution is 2.23. The van der Waals surface area contributed by atoms with Crippen molar-refractivity contribution < 1.29 is 17.6 Å². The van der Waals surface area contributed by atoms with Crippen LogP contribution in [0.4, 0.5) is 0 Å². The van der Waals surface area contributed by atoms with Crippen molar-refractivity contribution in [2.75, 3.05) is 19.3 Å². The van der Waals surface area contributed by atoms with Crippen LogP contribution >= 0.6 is 0 Å². The van der Waals surface area contributed by atoms with Crippen LogP contribution in [0.3, 0.4) is 0 Å². The number of amides is 1. The third-order valence-electron chi connectivity index (χ3n) is 5.07. The standard InChI is InChI=1S/C20H26N2O4S/c1-16(23)22(15-19-7-5-13-26-19)18-9-11-21(12-10-18)14-17-6-3-4-8-20(17)27(2,24)25/h3-8,13,18H,9-12,14-15H2,1-2H3. The zero-order valence-electron chi connectivity index (χ0n) is 15.8. The molecule has 0 radical (unpaired) electrons. The van der Waals surface area contributed by atoms with Gasteiger partial charge >= 0.3 is 0 Å². The molecule has 1 aromatic heterocycles. The summed E-state index contributed by atoms with van der Waals surface area (Å²) in [6, 6.07) is 11.1. The van der Waals surface area contributed by atoms with Crippen LogP contribution in [0.2, 0.25) is 0 Å². The first-order chi connectivity index (χ1) is 12.8. The first-order valence-corrected chi connectivity index (χ1v) is 11.0. The van der Waals surface area contributed by atoms with E-state index in [1.807, 2.05) is 29.2 Å². The molecule has 0 unspecified atom stereocenters. The third kappa shape index (κ3) is 4.99. The van der Waals surface area contributed by atoms with E-state index in [9.17, 15) is 13.2 Å². The summed E-state index contributed by atoms with van der Waals surface area (Å²) in [5.74, 6) is 0.835. The first kappa shape index (κ1) is 19.6. The highest BCUT2D eigenvalue weighted by atomic mass is 32.2. The predicted octanol–water partition coefficient (Wildman–Crippen LogP) is 2.70. The van der Waals surface area contributed by atoms with Gasteiger partial charge in [-0.2, -0.15) is 0 Å². The van der Waals surface area contributed by atoms with Crippen molar-refractivity contribution in [2.45, 2.75) is 43.8 Å². The molecule has 0 saturated carbocycles. The number of hydrogen-bond acceptors (Lipinski definition) is 5. The van der Waals surface area contributed by atoms with Gasteiger partial charge in [0.25, 0.3) is 0 Å². The van der Waals surface area contributed by atoms with E-state index in [4.69, 9.17) is 4.42 Å². The maximum Gasteiger partial charge on any atom is 0.220 e. The summed E-state index contributed by atoms with van der Waals surface area (Å²) < 4.78 is 29.4. The molecule has 0 aliphatic carbocycles. The summed E-state index contributed by atoms with van der Waals surface area (Å²) in [5, 5.41) is 0. The molecule has 1 aliphatic heterocycles. The Morgan fingerprint density at radius 1 is 1.19 bits per heavy atom. The van der Waals surface area contributed by atoms with Gasteiger partial charge in [0.05, 0.1) is 17.7 Å². The average Bonchev–Trinajstić information content (AvgIpc) is 3.13. The number of benzene rings is 1. The fourth-order valence-corrected chi connectivity index (χ4v) is 4.63. The summed E-state index contributed by atoms with van der Waals surface area (Å²) in [5.41, 5.74) is 0.831. The van der Waals surface area contributed by atoms with E-state index in [0.29, 0.717) is 18.0 Å². The quantitative estimate of drug-likeness (QED) is 0.758. The predicted molar refractivity (Wildman–Crippen MR) is 103 cm³/mol. The van der Waals surface area contributed by atoms with E-state index < -0.39 is 9.84 Å². The van der Waals surface area contributed by atoms with Crippen molar-refractivity contribution in [2.24, 2.45) is 0 Å². The number of rotatable bonds is 6. The van der Waals surface area contributed by atoms with Crippen molar-refractivity contribution in [3.05, 3.63) is 54.0 Å². The van der Waals surface area contributed by atoms with E-state index in [2.05, 4.69) is 4.90 Å².